The van der Waals surface area contributed by atoms with Crippen molar-refractivity contribution in [2.75, 3.05) is 36.4 Å². The summed E-state index contributed by atoms with van der Waals surface area (Å²) < 4.78 is 66.4. The molecule has 32 heavy (non-hydrogen) atoms. The Morgan fingerprint density at radius 3 is 2.34 bits per heavy atom. The van der Waals surface area contributed by atoms with Crippen LogP contribution in [0.25, 0.3) is 0 Å². The number of halogens is 3. The lowest BCUT2D eigenvalue weighted by Crippen LogP contribution is -2.58. The highest BCUT2D eigenvalue weighted by Crippen LogP contribution is 2.35. The number of rotatable bonds is 2. The van der Waals surface area contributed by atoms with Gasteiger partial charge in [-0.2, -0.15) is 17.9 Å². The van der Waals surface area contributed by atoms with Gasteiger partial charge < -0.3 is 15.1 Å². The molecule has 2 aliphatic heterocycles. The molecule has 0 saturated carbocycles. The van der Waals surface area contributed by atoms with Gasteiger partial charge in [0.25, 0.3) is 5.91 Å². The van der Waals surface area contributed by atoms with Crippen LogP contribution in [0.2, 0.25) is 0 Å². The van der Waals surface area contributed by atoms with Gasteiger partial charge in [0.15, 0.2) is 6.17 Å². The Balaban J connectivity index is 1.49. The number of aryl methyl sites for hydroxylation is 2. The van der Waals surface area contributed by atoms with Crippen LogP contribution in [0, 0.1) is 13.8 Å². The number of amides is 1. The number of nitrogens with zero attached hydrogens (tertiary/aromatic N) is 2. The van der Waals surface area contributed by atoms with Crippen LogP contribution in [-0.2, 0) is 21.0 Å². The van der Waals surface area contributed by atoms with Crippen molar-refractivity contribution in [1.82, 2.24) is 9.62 Å². The molecule has 0 aliphatic carbocycles. The zero-order chi connectivity index (χ0) is 23.3. The van der Waals surface area contributed by atoms with Crippen molar-refractivity contribution < 1.29 is 26.4 Å². The third-order valence-electron chi connectivity index (χ3n) is 5.70. The zero-order valence-corrected chi connectivity index (χ0v) is 18.3. The van der Waals surface area contributed by atoms with Gasteiger partial charge in [-0.25, -0.2) is 8.42 Å². The quantitative estimate of drug-likeness (QED) is 0.709. The molecule has 1 fully saturated rings. The Hall–Kier alpha value is -2.79. The molecule has 2 aliphatic rings. The zero-order valence-electron chi connectivity index (χ0n) is 17.5. The number of alkyl halides is 3. The highest BCUT2D eigenvalue weighted by Gasteiger charge is 2.38. The van der Waals surface area contributed by atoms with Crippen LogP contribution in [0.15, 0.2) is 41.3 Å². The first-order valence-electron chi connectivity index (χ1n) is 10.1. The molecule has 7 nitrogen and oxygen atoms in total. The third kappa shape index (κ3) is 4.26. The fraction of sp³-hybridized carbons (Fsp3) is 0.381. The van der Waals surface area contributed by atoms with Crippen molar-refractivity contribution in [3.63, 3.8) is 0 Å². The Morgan fingerprint density at radius 2 is 1.72 bits per heavy atom. The van der Waals surface area contributed by atoms with Gasteiger partial charge in [0.1, 0.15) is 4.90 Å². The van der Waals surface area contributed by atoms with Crippen molar-refractivity contribution >= 4 is 27.3 Å². The van der Waals surface area contributed by atoms with Crippen molar-refractivity contribution in [1.29, 1.82) is 0 Å². The van der Waals surface area contributed by atoms with Crippen molar-refractivity contribution in [2.24, 2.45) is 0 Å². The largest absolute Gasteiger partial charge is 0.416 e. The topological polar surface area (TPSA) is 81.8 Å². The van der Waals surface area contributed by atoms with Crippen molar-refractivity contribution in [3.8, 4) is 0 Å². The van der Waals surface area contributed by atoms with Gasteiger partial charge >= 0.3 is 6.18 Å². The molecule has 2 N–H and O–H groups in total. The number of nitrogens with one attached hydrogen (secondary N) is 2. The average Bonchev–Trinajstić information content (AvgIpc) is 2.72. The standard InChI is InChI=1S/C21H23F3N4O3S/c1-13-3-5-17(14(2)11-13)27-7-9-28(10-8-27)20(29)19-25-16-12-15(21(22,23)24)4-6-18(16)32(30,31)26-19/h3-6,11-12,19,25-26H,7-10H2,1-2H3. The number of hydrogen-bond acceptors (Lipinski definition) is 5. The predicted molar refractivity (Wildman–Crippen MR) is 114 cm³/mol. The van der Waals surface area contributed by atoms with Crippen LogP contribution >= 0.6 is 0 Å². The van der Waals surface area contributed by atoms with Gasteiger partial charge in [0.05, 0.1) is 11.3 Å². The van der Waals surface area contributed by atoms with E-state index in [9.17, 15) is 26.4 Å². The van der Waals surface area contributed by atoms with Gasteiger partial charge in [-0.05, 0) is 43.7 Å². The first kappa shape index (κ1) is 22.4. The lowest BCUT2D eigenvalue weighted by Gasteiger charge is -2.39. The molecular weight excluding hydrogens is 445 g/mol. The molecule has 0 spiro atoms. The summed E-state index contributed by atoms with van der Waals surface area (Å²) in [6.07, 6.45) is -6.00. The van der Waals surface area contributed by atoms with Crippen molar-refractivity contribution in [2.45, 2.75) is 31.1 Å². The summed E-state index contributed by atoms with van der Waals surface area (Å²) >= 11 is 0. The number of fused-ring (bicyclic) bond motifs is 1. The van der Waals surface area contributed by atoms with Gasteiger partial charge in [0.2, 0.25) is 10.0 Å². The SMILES string of the molecule is Cc1ccc(N2CCN(C(=O)C3Nc4cc(C(F)(F)F)ccc4S(=O)(=O)N3)CC2)c(C)c1. The van der Waals surface area contributed by atoms with Crippen LogP contribution < -0.4 is 14.9 Å². The van der Waals surface area contributed by atoms with Crippen LogP contribution in [0.4, 0.5) is 24.5 Å². The summed E-state index contributed by atoms with van der Waals surface area (Å²) in [5, 5.41) is 2.63. The van der Waals surface area contributed by atoms with Crippen molar-refractivity contribution in [3.05, 3.63) is 53.1 Å². The van der Waals surface area contributed by atoms with Gasteiger partial charge in [0, 0.05) is 31.9 Å². The van der Waals surface area contributed by atoms with E-state index in [4.69, 9.17) is 0 Å². The molecule has 11 heteroatoms. The second-order valence-electron chi connectivity index (χ2n) is 8.01. The van der Waals surface area contributed by atoms with E-state index in [1.807, 2.05) is 26.0 Å². The Kier molecular flexibility index (Phi) is 5.58. The van der Waals surface area contributed by atoms with E-state index in [-0.39, 0.29) is 10.6 Å². The summed E-state index contributed by atoms with van der Waals surface area (Å²) in [5.74, 6) is -0.531. The van der Waals surface area contributed by atoms with E-state index in [0.717, 1.165) is 22.9 Å². The molecule has 2 aromatic carbocycles. The highest BCUT2D eigenvalue weighted by atomic mass is 32.2. The molecule has 0 radical (unpaired) electrons. The maximum atomic E-state index is 13.1. The number of benzene rings is 2. The summed E-state index contributed by atoms with van der Waals surface area (Å²) in [4.78, 5) is 16.3. The highest BCUT2D eigenvalue weighted by molar-refractivity contribution is 7.89. The number of carbonyl (C=O) groups is 1. The second-order valence-corrected chi connectivity index (χ2v) is 9.69. The van der Waals surface area contributed by atoms with Gasteiger partial charge in [-0.15, -0.1) is 0 Å². The molecular formula is C21H23F3N4O3S. The molecule has 1 atom stereocenters. The third-order valence-corrected chi connectivity index (χ3v) is 7.18. The number of anilines is 2. The van der Waals surface area contributed by atoms with Crippen LogP contribution in [-0.4, -0.2) is 51.6 Å². The second kappa shape index (κ2) is 7.96. The molecule has 0 aromatic heterocycles. The minimum atomic E-state index is -4.63. The van der Waals surface area contributed by atoms with E-state index in [2.05, 4.69) is 21.0 Å². The van der Waals surface area contributed by atoms with Gasteiger partial charge in [-0.1, -0.05) is 17.7 Å². The lowest BCUT2D eigenvalue weighted by molar-refractivity contribution is -0.137. The molecule has 1 unspecified atom stereocenters. The molecule has 172 valence electrons. The average molecular weight is 469 g/mol. The smallest absolute Gasteiger partial charge is 0.368 e. The molecule has 4 rings (SSSR count). The van der Waals surface area contributed by atoms with Gasteiger partial charge in [-0.3, -0.25) is 4.79 Å². The number of carbonyl (C=O) groups excluding carboxylic acids is 1. The molecule has 2 aromatic rings. The van der Waals surface area contributed by atoms with Crippen LogP contribution in [0.5, 0.6) is 0 Å². The van der Waals surface area contributed by atoms with E-state index in [1.54, 1.807) is 0 Å². The van der Waals surface area contributed by atoms with E-state index in [0.29, 0.717) is 38.3 Å². The molecule has 0 bridgehead atoms. The van der Waals surface area contributed by atoms with Crippen LogP contribution in [0.1, 0.15) is 16.7 Å². The summed E-state index contributed by atoms with van der Waals surface area (Å²) in [5.41, 5.74) is 2.13. The summed E-state index contributed by atoms with van der Waals surface area (Å²) in [6, 6.07) is 8.44. The number of hydrogen-bond donors (Lipinski definition) is 2. The Labute approximate surface area is 184 Å². The number of sulfonamides is 1. The molecule has 1 saturated heterocycles. The minimum Gasteiger partial charge on any atom is -0.368 e. The Morgan fingerprint density at radius 1 is 1.03 bits per heavy atom. The normalized spacial score (nSPS) is 20.5. The number of piperazine rings is 1. The lowest BCUT2D eigenvalue weighted by atomic mass is 10.1. The first-order chi connectivity index (χ1) is 15.0. The van der Waals surface area contributed by atoms with E-state index >= 15 is 0 Å². The molecule has 1 amide bonds. The first-order valence-corrected chi connectivity index (χ1v) is 11.6. The fourth-order valence-electron chi connectivity index (χ4n) is 4.08. The maximum Gasteiger partial charge on any atom is 0.416 e. The monoisotopic (exact) mass is 468 g/mol. The van der Waals surface area contributed by atoms with E-state index < -0.39 is 33.8 Å². The summed E-state index contributed by atoms with van der Waals surface area (Å²) in [7, 11) is -4.14. The fourth-order valence-corrected chi connectivity index (χ4v) is 5.33. The minimum absolute atomic E-state index is 0.245. The summed E-state index contributed by atoms with van der Waals surface area (Å²) in [6.45, 7) is 5.88. The predicted octanol–water partition coefficient (Wildman–Crippen LogP) is 2.70. The molecule has 2 heterocycles. The van der Waals surface area contributed by atoms with E-state index in [1.165, 1.54) is 4.90 Å². The van der Waals surface area contributed by atoms with Crippen LogP contribution in [0.3, 0.4) is 0 Å². The Bertz CT molecular complexity index is 1160. The maximum absolute atomic E-state index is 13.1.